The Morgan fingerprint density at radius 2 is 2.08 bits per heavy atom. The van der Waals surface area contributed by atoms with Crippen LogP contribution < -0.4 is 0 Å². The van der Waals surface area contributed by atoms with Crippen molar-refractivity contribution in [1.82, 2.24) is 0 Å². The number of rotatable bonds is 0. The quantitative estimate of drug-likeness (QED) is 0.478. The first-order valence-corrected chi connectivity index (χ1v) is 5.44. The van der Waals surface area contributed by atoms with E-state index in [1.54, 1.807) is 5.57 Å². The summed E-state index contributed by atoms with van der Waals surface area (Å²) in [4.78, 5) is 0. The van der Waals surface area contributed by atoms with Gasteiger partial charge in [0.25, 0.3) is 0 Å². The zero-order valence-electron chi connectivity index (χ0n) is 8.34. The SMILES string of the molecule is CC1=CC2CCCC(C)C2CC1. The molecular weight excluding hydrogens is 144 g/mol. The van der Waals surface area contributed by atoms with Gasteiger partial charge >= 0.3 is 0 Å². The van der Waals surface area contributed by atoms with Crippen molar-refractivity contribution in [2.45, 2.75) is 46.0 Å². The van der Waals surface area contributed by atoms with Crippen molar-refractivity contribution in [2.75, 3.05) is 0 Å². The zero-order chi connectivity index (χ0) is 8.55. The summed E-state index contributed by atoms with van der Waals surface area (Å²) in [6.45, 7) is 4.75. The van der Waals surface area contributed by atoms with Crippen LogP contribution in [0.3, 0.4) is 0 Å². The minimum atomic E-state index is 0.947. The van der Waals surface area contributed by atoms with Crippen LogP contribution >= 0.6 is 0 Å². The Labute approximate surface area is 76.1 Å². The van der Waals surface area contributed by atoms with Crippen molar-refractivity contribution in [3.63, 3.8) is 0 Å². The summed E-state index contributed by atoms with van der Waals surface area (Å²) >= 11 is 0. The maximum atomic E-state index is 2.56. The lowest BCUT2D eigenvalue weighted by molar-refractivity contribution is 0.178. The molecule has 0 heterocycles. The lowest BCUT2D eigenvalue weighted by atomic mass is 9.67. The molecule has 12 heavy (non-hydrogen) atoms. The Balaban J connectivity index is 2.12. The van der Waals surface area contributed by atoms with E-state index >= 15 is 0 Å². The van der Waals surface area contributed by atoms with E-state index < -0.39 is 0 Å². The Hall–Kier alpha value is -0.260. The monoisotopic (exact) mass is 164 g/mol. The zero-order valence-corrected chi connectivity index (χ0v) is 8.34. The summed E-state index contributed by atoms with van der Waals surface area (Å²) in [6, 6.07) is 0. The smallest absolute Gasteiger partial charge is 0.0200 e. The molecule has 0 radical (unpaired) electrons. The van der Waals surface area contributed by atoms with E-state index in [-0.39, 0.29) is 0 Å². The summed E-state index contributed by atoms with van der Waals surface area (Å²) in [6.07, 6.45) is 9.80. The standard InChI is InChI=1S/C12H20/c1-9-6-7-12-10(2)4-3-5-11(12)8-9/h8,10-12H,3-7H2,1-2H3. The van der Waals surface area contributed by atoms with E-state index in [9.17, 15) is 0 Å². The molecule has 0 saturated heterocycles. The summed E-state index contributed by atoms with van der Waals surface area (Å²) < 4.78 is 0. The molecule has 3 unspecified atom stereocenters. The molecular formula is C12H20. The van der Waals surface area contributed by atoms with E-state index in [1.807, 2.05) is 0 Å². The predicted octanol–water partition coefficient (Wildman–Crippen LogP) is 3.78. The van der Waals surface area contributed by atoms with Crippen LogP contribution in [0.25, 0.3) is 0 Å². The fraction of sp³-hybridized carbons (Fsp3) is 0.833. The molecule has 0 aliphatic heterocycles. The molecule has 0 heteroatoms. The summed E-state index contributed by atoms with van der Waals surface area (Å²) in [5, 5.41) is 0. The van der Waals surface area contributed by atoms with Crippen LogP contribution in [0.2, 0.25) is 0 Å². The summed E-state index contributed by atoms with van der Waals surface area (Å²) in [5.74, 6) is 2.97. The molecule has 0 amide bonds. The largest absolute Gasteiger partial charge is 0.0822 e. The molecule has 0 aromatic rings. The molecule has 2 rings (SSSR count). The second-order valence-electron chi connectivity index (χ2n) is 4.79. The fourth-order valence-corrected chi connectivity index (χ4v) is 3.07. The van der Waals surface area contributed by atoms with Crippen LogP contribution in [0.1, 0.15) is 46.0 Å². The Morgan fingerprint density at radius 1 is 1.25 bits per heavy atom. The number of fused-ring (bicyclic) bond motifs is 1. The third kappa shape index (κ3) is 1.44. The van der Waals surface area contributed by atoms with Crippen molar-refractivity contribution in [3.8, 4) is 0 Å². The molecule has 0 nitrogen and oxygen atoms in total. The highest BCUT2D eigenvalue weighted by atomic mass is 14.4. The Bertz CT molecular complexity index is 190. The van der Waals surface area contributed by atoms with Crippen LogP contribution in [0, 0.1) is 17.8 Å². The van der Waals surface area contributed by atoms with Gasteiger partial charge in [-0.2, -0.15) is 0 Å². The Morgan fingerprint density at radius 3 is 2.92 bits per heavy atom. The van der Waals surface area contributed by atoms with E-state index in [1.165, 1.54) is 32.1 Å². The van der Waals surface area contributed by atoms with Crippen LogP contribution in [0.4, 0.5) is 0 Å². The second-order valence-corrected chi connectivity index (χ2v) is 4.79. The number of allylic oxidation sites excluding steroid dienone is 2. The van der Waals surface area contributed by atoms with Gasteiger partial charge in [0.2, 0.25) is 0 Å². The van der Waals surface area contributed by atoms with Crippen molar-refractivity contribution in [1.29, 1.82) is 0 Å². The van der Waals surface area contributed by atoms with Gasteiger partial charge in [0.15, 0.2) is 0 Å². The third-order valence-corrected chi connectivity index (χ3v) is 3.85. The van der Waals surface area contributed by atoms with E-state index in [0.29, 0.717) is 0 Å². The van der Waals surface area contributed by atoms with Crippen LogP contribution in [-0.2, 0) is 0 Å². The van der Waals surface area contributed by atoms with Gasteiger partial charge in [0, 0.05) is 0 Å². The highest BCUT2D eigenvalue weighted by molar-refractivity contribution is 5.08. The van der Waals surface area contributed by atoms with Gasteiger partial charge in [0.05, 0.1) is 0 Å². The van der Waals surface area contributed by atoms with Gasteiger partial charge in [-0.3, -0.25) is 0 Å². The Kier molecular flexibility index (Phi) is 2.25. The molecule has 2 aliphatic rings. The molecule has 3 atom stereocenters. The molecule has 0 aromatic carbocycles. The first-order chi connectivity index (χ1) is 5.77. The molecule has 0 spiro atoms. The maximum absolute atomic E-state index is 2.56. The van der Waals surface area contributed by atoms with Crippen molar-refractivity contribution < 1.29 is 0 Å². The molecule has 0 aromatic heterocycles. The average Bonchev–Trinajstić information content (AvgIpc) is 2.04. The highest BCUT2D eigenvalue weighted by Crippen LogP contribution is 2.42. The van der Waals surface area contributed by atoms with Gasteiger partial charge < -0.3 is 0 Å². The van der Waals surface area contributed by atoms with Gasteiger partial charge in [-0.25, -0.2) is 0 Å². The van der Waals surface area contributed by atoms with Crippen LogP contribution in [0.5, 0.6) is 0 Å². The summed E-state index contributed by atoms with van der Waals surface area (Å²) in [7, 11) is 0. The van der Waals surface area contributed by atoms with Gasteiger partial charge in [-0.1, -0.05) is 31.4 Å². The average molecular weight is 164 g/mol. The van der Waals surface area contributed by atoms with E-state index in [4.69, 9.17) is 0 Å². The second kappa shape index (κ2) is 3.24. The van der Waals surface area contributed by atoms with Gasteiger partial charge in [0.1, 0.15) is 0 Å². The maximum Gasteiger partial charge on any atom is -0.0200 e. The molecule has 0 bridgehead atoms. The van der Waals surface area contributed by atoms with E-state index in [2.05, 4.69) is 19.9 Å². The number of hydrogen-bond donors (Lipinski definition) is 0. The third-order valence-electron chi connectivity index (χ3n) is 3.85. The first kappa shape index (κ1) is 8.34. The molecule has 2 aliphatic carbocycles. The first-order valence-electron chi connectivity index (χ1n) is 5.44. The minimum absolute atomic E-state index is 0.947. The lowest BCUT2D eigenvalue weighted by Crippen LogP contribution is -2.27. The topological polar surface area (TPSA) is 0 Å². The van der Waals surface area contributed by atoms with Crippen molar-refractivity contribution in [3.05, 3.63) is 11.6 Å². The highest BCUT2D eigenvalue weighted by Gasteiger charge is 2.30. The molecule has 68 valence electrons. The molecule has 1 fully saturated rings. The molecule has 1 saturated carbocycles. The van der Waals surface area contributed by atoms with Crippen LogP contribution in [0.15, 0.2) is 11.6 Å². The van der Waals surface area contributed by atoms with E-state index in [0.717, 1.165) is 17.8 Å². The number of hydrogen-bond acceptors (Lipinski definition) is 0. The summed E-state index contributed by atoms with van der Waals surface area (Å²) in [5.41, 5.74) is 1.64. The van der Waals surface area contributed by atoms with Gasteiger partial charge in [-0.15, -0.1) is 0 Å². The van der Waals surface area contributed by atoms with Gasteiger partial charge in [-0.05, 0) is 43.9 Å². The lowest BCUT2D eigenvalue weighted by Gasteiger charge is -2.38. The minimum Gasteiger partial charge on any atom is -0.0822 e. The molecule has 0 N–H and O–H groups in total. The fourth-order valence-electron chi connectivity index (χ4n) is 3.07. The predicted molar refractivity (Wildman–Crippen MR) is 53.0 cm³/mol. The van der Waals surface area contributed by atoms with Crippen LogP contribution in [-0.4, -0.2) is 0 Å². The van der Waals surface area contributed by atoms with Crippen molar-refractivity contribution in [2.24, 2.45) is 17.8 Å². The normalized spacial score (nSPS) is 41.8. The van der Waals surface area contributed by atoms with Crippen molar-refractivity contribution >= 4 is 0 Å².